The highest BCUT2D eigenvalue weighted by Gasteiger charge is 2.43. The van der Waals surface area contributed by atoms with Gasteiger partial charge in [0.2, 0.25) is 10.0 Å². The normalized spacial score (nSPS) is 26.8. The summed E-state index contributed by atoms with van der Waals surface area (Å²) in [5, 5.41) is 0. The van der Waals surface area contributed by atoms with Crippen LogP contribution in [0, 0.1) is 11.7 Å². The van der Waals surface area contributed by atoms with E-state index in [0.717, 1.165) is 32.1 Å². The molecule has 1 aromatic rings. The quantitative estimate of drug-likeness (QED) is 0.806. The number of hydrogen-bond donors (Lipinski definition) is 1. The lowest BCUT2D eigenvalue weighted by atomic mass is 9.86. The molecular weight excluding hydrogens is 359 g/mol. The van der Waals surface area contributed by atoms with Crippen molar-refractivity contribution >= 4 is 31.6 Å². The Kier molecular flexibility index (Phi) is 4.00. The van der Waals surface area contributed by atoms with Crippen molar-refractivity contribution in [2.75, 3.05) is 12.3 Å². The van der Waals surface area contributed by atoms with E-state index in [-0.39, 0.29) is 21.1 Å². The second-order valence-electron chi connectivity index (χ2n) is 5.83. The van der Waals surface area contributed by atoms with Crippen molar-refractivity contribution in [3.8, 4) is 0 Å². The minimum Gasteiger partial charge on any atom is -0.399 e. The number of nitrogens with zero attached hydrogens (tertiary/aromatic N) is 1. The summed E-state index contributed by atoms with van der Waals surface area (Å²) in [6, 6.07) is 2.61. The number of rotatable bonds is 2. The van der Waals surface area contributed by atoms with Crippen molar-refractivity contribution in [2.24, 2.45) is 5.92 Å². The molecule has 1 aliphatic heterocycles. The van der Waals surface area contributed by atoms with Crippen molar-refractivity contribution in [1.82, 2.24) is 4.31 Å². The predicted molar refractivity (Wildman–Crippen MR) is 82.8 cm³/mol. The van der Waals surface area contributed by atoms with Crippen LogP contribution < -0.4 is 5.73 Å². The Morgan fingerprint density at radius 3 is 2.71 bits per heavy atom. The first-order valence-electron chi connectivity index (χ1n) is 7.17. The van der Waals surface area contributed by atoms with Gasteiger partial charge >= 0.3 is 0 Å². The first-order valence-corrected chi connectivity index (χ1v) is 9.41. The lowest BCUT2D eigenvalue weighted by molar-refractivity contribution is 0.260. The Balaban J connectivity index is 2.01. The maximum absolute atomic E-state index is 14.2. The van der Waals surface area contributed by atoms with E-state index in [1.165, 1.54) is 16.4 Å². The Hall–Kier alpha value is -0.660. The third-order valence-electron chi connectivity index (χ3n) is 4.56. The highest BCUT2D eigenvalue weighted by atomic mass is 79.9. The molecule has 0 amide bonds. The van der Waals surface area contributed by atoms with E-state index >= 15 is 0 Å². The van der Waals surface area contributed by atoms with Crippen LogP contribution in [0.25, 0.3) is 0 Å². The maximum atomic E-state index is 14.2. The van der Waals surface area contributed by atoms with Crippen molar-refractivity contribution in [2.45, 2.75) is 43.0 Å². The van der Waals surface area contributed by atoms with Crippen LogP contribution in [0.1, 0.15) is 32.1 Å². The molecule has 2 aliphatic rings. The summed E-state index contributed by atoms with van der Waals surface area (Å²) in [5.74, 6) is -0.343. The number of hydrogen-bond acceptors (Lipinski definition) is 3. The maximum Gasteiger partial charge on any atom is 0.246 e. The van der Waals surface area contributed by atoms with Gasteiger partial charge in [0.05, 0.1) is 4.47 Å². The fraction of sp³-hybridized carbons (Fsp3) is 0.571. The van der Waals surface area contributed by atoms with Gasteiger partial charge in [-0.25, -0.2) is 12.8 Å². The van der Waals surface area contributed by atoms with Gasteiger partial charge in [0.25, 0.3) is 0 Å². The number of benzene rings is 1. The molecule has 21 heavy (non-hydrogen) atoms. The summed E-state index contributed by atoms with van der Waals surface area (Å²) in [6.45, 7) is 0.476. The zero-order valence-electron chi connectivity index (χ0n) is 11.6. The molecule has 2 fully saturated rings. The molecule has 1 saturated carbocycles. The fourth-order valence-corrected chi connectivity index (χ4v) is 6.02. The number of nitrogens with two attached hydrogens (primary N) is 1. The minimum absolute atomic E-state index is 0.0170. The van der Waals surface area contributed by atoms with Crippen LogP contribution in [-0.4, -0.2) is 25.3 Å². The largest absolute Gasteiger partial charge is 0.399 e. The zero-order valence-corrected chi connectivity index (χ0v) is 14.0. The summed E-state index contributed by atoms with van der Waals surface area (Å²) in [5.41, 5.74) is 5.91. The van der Waals surface area contributed by atoms with Crippen molar-refractivity contribution in [3.63, 3.8) is 0 Å². The zero-order chi connectivity index (χ0) is 15.2. The van der Waals surface area contributed by atoms with Gasteiger partial charge in [-0.3, -0.25) is 0 Å². The van der Waals surface area contributed by atoms with Crippen LogP contribution in [0.15, 0.2) is 21.5 Å². The van der Waals surface area contributed by atoms with Gasteiger partial charge in [-0.15, -0.1) is 0 Å². The third kappa shape index (κ3) is 2.59. The number of anilines is 1. The SMILES string of the molecule is Nc1cc(Br)c(F)c(S(=O)(=O)N2CCC3CCCCC32)c1. The Morgan fingerprint density at radius 2 is 1.95 bits per heavy atom. The molecule has 2 atom stereocenters. The van der Waals surface area contributed by atoms with E-state index in [4.69, 9.17) is 5.73 Å². The summed E-state index contributed by atoms with van der Waals surface area (Å²) in [4.78, 5) is -0.319. The lowest BCUT2D eigenvalue weighted by Gasteiger charge is -2.31. The predicted octanol–water partition coefficient (Wildman–Crippen LogP) is 3.12. The molecule has 116 valence electrons. The van der Waals surface area contributed by atoms with Gasteiger partial charge in [-0.1, -0.05) is 12.8 Å². The highest BCUT2D eigenvalue weighted by molar-refractivity contribution is 9.10. The van der Waals surface area contributed by atoms with E-state index in [2.05, 4.69) is 15.9 Å². The monoisotopic (exact) mass is 376 g/mol. The summed E-state index contributed by atoms with van der Waals surface area (Å²) < 4.78 is 41.5. The number of fused-ring (bicyclic) bond motifs is 1. The van der Waals surface area contributed by atoms with Gasteiger partial charge in [0, 0.05) is 18.3 Å². The number of halogens is 2. The van der Waals surface area contributed by atoms with Crippen molar-refractivity contribution < 1.29 is 12.8 Å². The molecule has 7 heteroatoms. The summed E-state index contributed by atoms with van der Waals surface area (Å²) >= 11 is 3.03. The number of nitrogen functional groups attached to an aromatic ring is 1. The molecule has 2 N–H and O–H groups in total. The molecule has 1 saturated heterocycles. The van der Waals surface area contributed by atoms with E-state index in [1.54, 1.807) is 0 Å². The highest BCUT2D eigenvalue weighted by Crippen LogP contribution is 2.40. The molecule has 1 aromatic carbocycles. The van der Waals surface area contributed by atoms with Crippen LogP contribution in [0.3, 0.4) is 0 Å². The first-order chi connectivity index (χ1) is 9.91. The van der Waals surface area contributed by atoms with Crippen molar-refractivity contribution in [1.29, 1.82) is 0 Å². The van der Waals surface area contributed by atoms with E-state index in [0.29, 0.717) is 12.5 Å². The van der Waals surface area contributed by atoms with Crippen LogP contribution >= 0.6 is 15.9 Å². The molecule has 0 aromatic heterocycles. The van der Waals surface area contributed by atoms with E-state index in [1.807, 2.05) is 0 Å². The number of sulfonamides is 1. The molecule has 1 heterocycles. The van der Waals surface area contributed by atoms with Gasteiger partial charge in [0.15, 0.2) is 5.82 Å². The van der Waals surface area contributed by atoms with Gasteiger partial charge in [0.1, 0.15) is 4.90 Å². The molecule has 1 aliphatic carbocycles. The summed E-state index contributed by atoms with van der Waals surface area (Å²) in [6.07, 6.45) is 5.01. The third-order valence-corrected chi connectivity index (χ3v) is 7.06. The van der Waals surface area contributed by atoms with Crippen LogP contribution in [0.5, 0.6) is 0 Å². The molecule has 0 spiro atoms. The minimum atomic E-state index is -3.84. The standard InChI is InChI=1S/C14H18BrFN2O2S/c15-11-7-10(17)8-13(14(11)16)21(19,20)18-6-5-9-3-1-2-4-12(9)18/h7-9,12H,1-6,17H2. The average Bonchev–Trinajstić information content (AvgIpc) is 2.87. The second kappa shape index (κ2) is 5.52. The van der Waals surface area contributed by atoms with Gasteiger partial charge in [-0.2, -0.15) is 4.31 Å². The fourth-order valence-electron chi connectivity index (χ4n) is 3.56. The molecule has 4 nitrogen and oxygen atoms in total. The van der Waals surface area contributed by atoms with Crippen LogP contribution in [0.4, 0.5) is 10.1 Å². The van der Waals surface area contributed by atoms with Crippen LogP contribution in [0.2, 0.25) is 0 Å². The second-order valence-corrected chi connectivity index (χ2v) is 8.54. The van der Waals surface area contributed by atoms with E-state index in [9.17, 15) is 12.8 Å². The van der Waals surface area contributed by atoms with E-state index < -0.39 is 15.8 Å². The lowest BCUT2D eigenvalue weighted by Crippen LogP contribution is -2.39. The Labute approximate surface area is 132 Å². The summed E-state index contributed by atoms with van der Waals surface area (Å²) in [7, 11) is -3.84. The molecule has 0 radical (unpaired) electrons. The van der Waals surface area contributed by atoms with Crippen molar-refractivity contribution in [3.05, 3.63) is 22.4 Å². The molecule has 3 rings (SSSR count). The topological polar surface area (TPSA) is 63.4 Å². The first kappa shape index (κ1) is 15.2. The van der Waals surface area contributed by atoms with Crippen LogP contribution in [-0.2, 0) is 10.0 Å². The van der Waals surface area contributed by atoms with Gasteiger partial charge < -0.3 is 5.73 Å². The Morgan fingerprint density at radius 1 is 1.24 bits per heavy atom. The molecular formula is C14H18BrFN2O2S. The van der Waals surface area contributed by atoms with Gasteiger partial charge in [-0.05, 0) is 53.2 Å². The molecule has 2 unspecified atom stereocenters. The smallest absolute Gasteiger partial charge is 0.246 e. The Bertz CT molecular complexity index is 665. The average molecular weight is 377 g/mol. The molecule has 0 bridgehead atoms.